The minimum Gasteiger partial charge on any atom is -0.467 e. The number of para-hydroxylation sites is 1. The molecule has 0 spiro atoms. The van der Waals surface area contributed by atoms with E-state index in [9.17, 15) is 4.79 Å². The SMILES string of the molecule is CCOCc1ccccc1NCc1cc(C(=O)OC)co1. The largest absolute Gasteiger partial charge is 0.467 e. The smallest absolute Gasteiger partial charge is 0.341 e. The van der Waals surface area contributed by atoms with Crippen LogP contribution in [-0.2, 0) is 22.6 Å². The highest BCUT2D eigenvalue weighted by Crippen LogP contribution is 2.18. The van der Waals surface area contributed by atoms with Crippen LogP contribution in [0.4, 0.5) is 5.69 Å². The Kier molecular flexibility index (Phi) is 5.40. The van der Waals surface area contributed by atoms with E-state index in [1.54, 1.807) is 6.07 Å². The van der Waals surface area contributed by atoms with Crippen LogP contribution in [0.3, 0.4) is 0 Å². The Morgan fingerprint density at radius 3 is 2.90 bits per heavy atom. The van der Waals surface area contributed by atoms with E-state index in [1.165, 1.54) is 13.4 Å². The van der Waals surface area contributed by atoms with E-state index in [4.69, 9.17) is 9.15 Å². The van der Waals surface area contributed by atoms with Crippen molar-refractivity contribution in [1.82, 2.24) is 0 Å². The monoisotopic (exact) mass is 289 g/mol. The number of furan rings is 1. The lowest BCUT2D eigenvalue weighted by Crippen LogP contribution is -2.03. The topological polar surface area (TPSA) is 60.7 Å². The first kappa shape index (κ1) is 15.1. The zero-order valence-corrected chi connectivity index (χ0v) is 12.2. The molecule has 1 N–H and O–H groups in total. The fourth-order valence-electron chi connectivity index (χ4n) is 1.91. The number of methoxy groups -OCH3 is 1. The van der Waals surface area contributed by atoms with Crippen LogP contribution in [0.2, 0.25) is 0 Å². The quantitative estimate of drug-likeness (QED) is 0.793. The predicted molar refractivity (Wildman–Crippen MR) is 79.1 cm³/mol. The second kappa shape index (κ2) is 7.50. The molecule has 1 aromatic carbocycles. The van der Waals surface area contributed by atoms with Gasteiger partial charge < -0.3 is 19.2 Å². The van der Waals surface area contributed by atoms with E-state index in [1.807, 2.05) is 31.2 Å². The molecule has 0 atom stereocenters. The molecule has 5 nitrogen and oxygen atoms in total. The number of esters is 1. The van der Waals surface area contributed by atoms with Crippen molar-refractivity contribution in [1.29, 1.82) is 0 Å². The van der Waals surface area contributed by atoms with Gasteiger partial charge in [0.15, 0.2) is 0 Å². The lowest BCUT2D eigenvalue weighted by atomic mass is 10.2. The molecule has 0 saturated heterocycles. The van der Waals surface area contributed by atoms with Crippen LogP contribution in [-0.4, -0.2) is 19.7 Å². The average molecular weight is 289 g/mol. The molecule has 5 heteroatoms. The molecule has 0 amide bonds. The maximum Gasteiger partial charge on any atom is 0.341 e. The third-order valence-electron chi connectivity index (χ3n) is 3.01. The highest BCUT2D eigenvalue weighted by molar-refractivity contribution is 5.89. The Hall–Kier alpha value is -2.27. The maximum atomic E-state index is 11.4. The number of ether oxygens (including phenoxy) is 2. The van der Waals surface area contributed by atoms with Gasteiger partial charge in [0.1, 0.15) is 12.0 Å². The van der Waals surface area contributed by atoms with Crippen molar-refractivity contribution >= 4 is 11.7 Å². The van der Waals surface area contributed by atoms with Crippen LogP contribution in [0.15, 0.2) is 41.0 Å². The summed E-state index contributed by atoms with van der Waals surface area (Å²) in [7, 11) is 1.34. The molecular weight excluding hydrogens is 270 g/mol. The number of benzene rings is 1. The number of carbonyl (C=O) groups is 1. The van der Waals surface area contributed by atoms with Crippen molar-refractivity contribution in [3.05, 3.63) is 53.5 Å². The van der Waals surface area contributed by atoms with E-state index >= 15 is 0 Å². The summed E-state index contributed by atoms with van der Waals surface area (Å²) in [6.45, 7) is 3.69. The van der Waals surface area contributed by atoms with Gasteiger partial charge in [-0.1, -0.05) is 18.2 Å². The van der Waals surface area contributed by atoms with Crippen LogP contribution in [0.25, 0.3) is 0 Å². The molecule has 0 fully saturated rings. The van der Waals surface area contributed by atoms with Crippen molar-refractivity contribution in [2.75, 3.05) is 19.0 Å². The highest BCUT2D eigenvalue weighted by Gasteiger charge is 2.10. The number of rotatable bonds is 7. The molecule has 21 heavy (non-hydrogen) atoms. The van der Waals surface area contributed by atoms with Crippen LogP contribution < -0.4 is 5.32 Å². The molecule has 1 aromatic heterocycles. The average Bonchev–Trinajstić information content (AvgIpc) is 3.00. The molecule has 0 saturated carbocycles. The minimum atomic E-state index is -0.401. The first-order valence-electron chi connectivity index (χ1n) is 6.79. The highest BCUT2D eigenvalue weighted by atomic mass is 16.5. The zero-order chi connectivity index (χ0) is 15.1. The summed E-state index contributed by atoms with van der Waals surface area (Å²) in [6.07, 6.45) is 1.40. The number of hydrogen-bond acceptors (Lipinski definition) is 5. The molecular formula is C16H19NO4. The summed E-state index contributed by atoms with van der Waals surface area (Å²) in [5.74, 6) is 0.267. The zero-order valence-electron chi connectivity index (χ0n) is 12.2. The number of nitrogens with one attached hydrogen (secondary N) is 1. The number of anilines is 1. The fraction of sp³-hybridized carbons (Fsp3) is 0.312. The summed E-state index contributed by atoms with van der Waals surface area (Å²) < 4.78 is 15.4. The molecule has 0 aliphatic heterocycles. The first-order chi connectivity index (χ1) is 10.2. The van der Waals surface area contributed by atoms with Gasteiger partial charge in [-0.3, -0.25) is 0 Å². The number of hydrogen-bond donors (Lipinski definition) is 1. The first-order valence-corrected chi connectivity index (χ1v) is 6.79. The predicted octanol–water partition coefficient (Wildman–Crippen LogP) is 3.21. The molecule has 0 radical (unpaired) electrons. The second-order valence-electron chi connectivity index (χ2n) is 4.44. The van der Waals surface area contributed by atoms with E-state index in [0.717, 1.165) is 11.3 Å². The van der Waals surface area contributed by atoms with Gasteiger partial charge in [0.05, 0.1) is 25.8 Å². The van der Waals surface area contributed by atoms with E-state index < -0.39 is 5.97 Å². The molecule has 2 rings (SSSR count). The Morgan fingerprint density at radius 2 is 2.14 bits per heavy atom. The van der Waals surface area contributed by atoms with E-state index in [-0.39, 0.29) is 0 Å². The van der Waals surface area contributed by atoms with Crippen molar-refractivity contribution in [2.45, 2.75) is 20.1 Å². The third-order valence-corrected chi connectivity index (χ3v) is 3.01. The Morgan fingerprint density at radius 1 is 1.33 bits per heavy atom. The summed E-state index contributed by atoms with van der Waals surface area (Å²) in [5, 5.41) is 3.28. The summed E-state index contributed by atoms with van der Waals surface area (Å²) in [4.78, 5) is 11.4. The molecule has 0 bridgehead atoms. The van der Waals surface area contributed by atoms with Crippen molar-refractivity contribution in [3.8, 4) is 0 Å². The van der Waals surface area contributed by atoms with Gasteiger partial charge >= 0.3 is 5.97 Å². The molecule has 112 valence electrons. The van der Waals surface area contributed by atoms with Crippen LogP contribution in [0, 0.1) is 0 Å². The van der Waals surface area contributed by atoms with Crippen LogP contribution >= 0.6 is 0 Å². The maximum absolute atomic E-state index is 11.4. The molecule has 0 unspecified atom stereocenters. The van der Waals surface area contributed by atoms with Gasteiger partial charge in [0.25, 0.3) is 0 Å². The van der Waals surface area contributed by atoms with Gasteiger partial charge in [0, 0.05) is 17.9 Å². The van der Waals surface area contributed by atoms with Crippen molar-refractivity contribution in [3.63, 3.8) is 0 Å². The molecule has 0 aliphatic rings. The van der Waals surface area contributed by atoms with E-state index in [2.05, 4.69) is 10.1 Å². The molecule has 1 heterocycles. The second-order valence-corrected chi connectivity index (χ2v) is 4.44. The van der Waals surface area contributed by atoms with Crippen LogP contribution in [0.5, 0.6) is 0 Å². The fourth-order valence-corrected chi connectivity index (χ4v) is 1.91. The summed E-state index contributed by atoms with van der Waals surface area (Å²) in [5.41, 5.74) is 2.48. The minimum absolute atomic E-state index is 0.401. The van der Waals surface area contributed by atoms with Gasteiger partial charge in [-0.2, -0.15) is 0 Å². The summed E-state index contributed by atoms with van der Waals surface area (Å²) in [6, 6.07) is 9.60. The Bertz CT molecular complexity index is 591. The van der Waals surface area contributed by atoms with E-state index in [0.29, 0.717) is 31.1 Å². The lowest BCUT2D eigenvalue weighted by Gasteiger charge is -2.10. The standard InChI is InChI=1S/C16H19NO4/c1-3-20-10-12-6-4-5-7-15(12)17-9-14-8-13(11-21-14)16(18)19-2/h4-8,11,17H,3,9-10H2,1-2H3. The number of carbonyl (C=O) groups excluding carboxylic acids is 1. The Balaban J connectivity index is 1.99. The molecule has 0 aliphatic carbocycles. The van der Waals surface area contributed by atoms with Crippen LogP contribution in [0.1, 0.15) is 28.6 Å². The van der Waals surface area contributed by atoms with Gasteiger partial charge in [-0.15, -0.1) is 0 Å². The third kappa shape index (κ3) is 4.10. The summed E-state index contributed by atoms with van der Waals surface area (Å²) >= 11 is 0. The van der Waals surface area contributed by atoms with Gasteiger partial charge in [0.2, 0.25) is 0 Å². The van der Waals surface area contributed by atoms with Gasteiger partial charge in [-0.25, -0.2) is 4.79 Å². The Labute approximate surface area is 123 Å². The molecule has 2 aromatic rings. The normalized spacial score (nSPS) is 10.4. The lowest BCUT2D eigenvalue weighted by molar-refractivity contribution is 0.0600. The van der Waals surface area contributed by atoms with Crippen molar-refractivity contribution < 1.29 is 18.7 Å². The van der Waals surface area contributed by atoms with Crippen molar-refractivity contribution in [2.24, 2.45) is 0 Å². The van der Waals surface area contributed by atoms with Gasteiger partial charge in [-0.05, 0) is 19.1 Å².